The number of imidazole rings is 1. The highest BCUT2D eigenvalue weighted by atomic mass is 14.9. The molecule has 0 fully saturated rings. The smallest absolute Gasteiger partial charge is 0.106 e. The van der Waals surface area contributed by atoms with Crippen LogP contribution < -0.4 is 0 Å². The summed E-state index contributed by atoms with van der Waals surface area (Å²) in [6.07, 6.45) is 1.89. The second-order valence-electron chi connectivity index (χ2n) is 5.50. The summed E-state index contributed by atoms with van der Waals surface area (Å²) in [4.78, 5) is 7.82. The Morgan fingerprint density at radius 1 is 1.26 bits per heavy atom. The Morgan fingerprint density at radius 2 is 2.05 bits per heavy atom. The second kappa shape index (κ2) is 5.93. The Labute approximate surface area is 115 Å². The number of fused-ring (bicyclic) bond motifs is 1. The number of nitrogens with one attached hydrogen (secondary N) is 1. The lowest BCUT2D eigenvalue weighted by molar-refractivity contribution is 0.429. The van der Waals surface area contributed by atoms with Crippen molar-refractivity contribution in [2.75, 3.05) is 0 Å². The molecule has 0 saturated carbocycles. The van der Waals surface area contributed by atoms with Crippen molar-refractivity contribution in [1.82, 2.24) is 9.97 Å². The summed E-state index contributed by atoms with van der Waals surface area (Å²) in [6, 6.07) is 6.19. The van der Waals surface area contributed by atoms with Crippen LogP contribution in [0.2, 0.25) is 0 Å². The highest BCUT2D eigenvalue weighted by Gasteiger charge is 2.04. The molecule has 1 aromatic heterocycles. The van der Waals surface area contributed by atoms with Gasteiger partial charge in [-0.25, -0.2) is 4.98 Å². The van der Waals surface area contributed by atoms with Gasteiger partial charge in [0.15, 0.2) is 0 Å². The molecule has 2 heteroatoms. The van der Waals surface area contributed by atoms with Crippen LogP contribution >= 0.6 is 0 Å². The van der Waals surface area contributed by atoms with Crippen molar-refractivity contribution >= 4 is 11.0 Å². The van der Waals surface area contributed by atoms with E-state index in [0.717, 1.165) is 35.3 Å². The lowest BCUT2D eigenvalue weighted by Gasteiger charge is -2.10. The maximum absolute atomic E-state index is 4.50. The van der Waals surface area contributed by atoms with Crippen LogP contribution in [0.4, 0.5) is 0 Å². The fraction of sp³-hybridized carbons (Fsp3) is 0.471. The number of aromatic amines is 1. The molecule has 1 N–H and O–H groups in total. The molecule has 0 aliphatic carbocycles. The van der Waals surface area contributed by atoms with Crippen molar-refractivity contribution in [3.63, 3.8) is 0 Å². The van der Waals surface area contributed by atoms with Gasteiger partial charge in [0.25, 0.3) is 0 Å². The third kappa shape index (κ3) is 3.38. The van der Waals surface area contributed by atoms with Crippen molar-refractivity contribution in [3.05, 3.63) is 29.6 Å². The molecule has 2 nitrogen and oxygen atoms in total. The summed E-state index contributed by atoms with van der Waals surface area (Å²) < 4.78 is 0. The van der Waals surface area contributed by atoms with Gasteiger partial charge in [0.05, 0.1) is 11.0 Å². The molecular formula is C17H22N2. The first-order chi connectivity index (χ1) is 9.10. The fourth-order valence-electron chi connectivity index (χ4n) is 1.86. The monoisotopic (exact) mass is 254 g/mol. The Morgan fingerprint density at radius 3 is 2.74 bits per heavy atom. The molecule has 1 heterocycles. The van der Waals surface area contributed by atoms with Crippen molar-refractivity contribution < 1.29 is 0 Å². The molecule has 0 spiro atoms. The Kier molecular flexibility index (Phi) is 4.27. The van der Waals surface area contributed by atoms with Crippen LogP contribution in [0.25, 0.3) is 11.0 Å². The van der Waals surface area contributed by atoms with E-state index >= 15 is 0 Å². The molecule has 2 aromatic rings. The quantitative estimate of drug-likeness (QED) is 0.819. The molecule has 0 amide bonds. The number of aromatic nitrogens is 2. The minimum absolute atomic E-state index is 0.648. The van der Waals surface area contributed by atoms with E-state index in [9.17, 15) is 0 Å². The lowest BCUT2D eigenvalue weighted by Crippen LogP contribution is -2.01. The van der Waals surface area contributed by atoms with Gasteiger partial charge in [0, 0.05) is 18.4 Å². The largest absolute Gasteiger partial charge is 0.342 e. The Hall–Kier alpha value is -1.75. The van der Waals surface area contributed by atoms with Crippen LogP contribution in [0.5, 0.6) is 0 Å². The van der Waals surface area contributed by atoms with Gasteiger partial charge < -0.3 is 4.98 Å². The third-order valence-electron chi connectivity index (χ3n) is 3.66. The normalized spacial score (nSPS) is 12.5. The van der Waals surface area contributed by atoms with Crippen LogP contribution in [0, 0.1) is 23.7 Å². The minimum Gasteiger partial charge on any atom is -0.342 e. The zero-order valence-corrected chi connectivity index (χ0v) is 12.2. The van der Waals surface area contributed by atoms with E-state index in [1.807, 2.05) is 6.07 Å². The van der Waals surface area contributed by atoms with Crippen LogP contribution in [0.3, 0.4) is 0 Å². The number of aryl methyl sites for hydroxylation is 1. The van der Waals surface area contributed by atoms with E-state index < -0.39 is 0 Å². The summed E-state index contributed by atoms with van der Waals surface area (Å²) in [7, 11) is 0. The zero-order chi connectivity index (χ0) is 13.8. The predicted octanol–water partition coefficient (Wildman–Crippen LogP) is 4.16. The van der Waals surface area contributed by atoms with Crippen LogP contribution in [0.15, 0.2) is 18.2 Å². The number of hydrogen-bond acceptors (Lipinski definition) is 1. The van der Waals surface area contributed by atoms with Crippen LogP contribution in [0.1, 0.15) is 45.5 Å². The minimum atomic E-state index is 0.648. The first kappa shape index (κ1) is 13.7. The van der Waals surface area contributed by atoms with E-state index in [4.69, 9.17) is 0 Å². The molecule has 1 atom stereocenters. The second-order valence-corrected chi connectivity index (χ2v) is 5.50. The molecule has 19 heavy (non-hydrogen) atoms. The molecule has 0 bridgehead atoms. The molecule has 0 saturated heterocycles. The summed E-state index contributed by atoms with van der Waals surface area (Å²) >= 11 is 0. The van der Waals surface area contributed by atoms with E-state index in [1.165, 1.54) is 0 Å². The predicted molar refractivity (Wildman–Crippen MR) is 81.0 cm³/mol. The number of hydrogen-bond donors (Lipinski definition) is 1. The molecule has 0 aliphatic heterocycles. The maximum atomic E-state index is 4.50. The van der Waals surface area contributed by atoms with Gasteiger partial charge in [-0.1, -0.05) is 39.5 Å². The highest BCUT2D eigenvalue weighted by molar-refractivity contribution is 5.76. The number of rotatable bonds is 3. The molecule has 100 valence electrons. The standard InChI is InChI=1S/C17H22N2/c1-5-17-18-15-10-9-14(11-16(15)19-17)8-6-7-13(4)12(2)3/h9-13H,5,7H2,1-4H3,(H,18,19). The number of nitrogens with zero attached hydrogens (tertiary/aromatic N) is 1. The van der Waals surface area contributed by atoms with E-state index in [0.29, 0.717) is 11.8 Å². The van der Waals surface area contributed by atoms with Gasteiger partial charge in [-0.2, -0.15) is 0 Å². The van der Waals surface area contributed by atoms with Gasteiger partial charge >= 0.3 is 0 Å². The fourth-order valence-corrected chi connectivity index (χ4v) is 1.86. The highest BCUT2D eigenvalue weighted by Crippen LogP contribution is 2.15. The van der Waals surface area contributed by atoms with E-state index in [2.05, 4.69) is 61.6 Å². The van der Waals surface area contributed by atoms with Gasteiger partial charge in [-0.3, -0.25) is 0 Å². The maximum Gasteiger partial charge on any atom is 0.106 e. The first-order valence-corrected chi connectivity index (χ1v) is 7.07. The summed E-state index contributed by atoms with van der Waals surface area (Å²) in [5.41, 5.74) is 3.17. The molecule has 2 rings (SSSR count). The summed E-state index contributed by atoms with van der Waals surface area (Å²) in [5, 5.41) is 0. The van der Waals surface area contributed by atoms with Gasteiger partial charge in [0.1, 0.15) is 5.82 Å². The van der Waals surface area contributed by atoms with Crippen molar-refractivity contribution in [3.8, 4) is 11.8 Å². The zero-order valence-electron chi connectivity index (χ0n) is 12.2. The number of benzene rings is 1. The van der Waals surface area contributed by atoms with Crippen molar-refractivity contribution in [2.45, 2.75) is 40.5 Å². The topological polar surface area (TPSA) is 28.7 Å². The van der Waals surface area contributed by atoms with Gasteiger partial charge in [-0.15, -0.1) is 0 Å². The number of H-pyrrole nitrogens is 1. The average molecular weight is 254 g/mol. The van der Waals surface area contributed by atoms with Crippen LogP contribution in [-0.2, 0) is 6.42 Å². The molecule has 0 radical (unpaired) electrons. The molecule has 0 aliphatic rings. The molecular weight excluding hydrogens is 232 g/mol. The Bertz CT molecular complexity index is 611. The van der Waals surface area contributed by atoms with E-state index in [-0.39, 0.29) is 0 Å². The molecule has 1 unspecified atom stereocenters. The summed E-state index contributed by atoms with van der Waals surface area (Å²) in [5.74, 6) is 8.91. The van der Waals surface area contributed by atoms with Gasteiger partial charge in [-0.05, 0) is 30.0 Å². The van der Waals surface area contributed by atoms with Crippen LogP contribution in [-0.4, -0.2) is 9.97 Å². The van der Waals surface area contributed by atoms with Gasteiger partial charge in [0.2, 0.25) is 0 Å². The SMILES string of the molecule is CCc1nc2ccc(C#CCC(C)C(C)C)cc2[nH]1. The van der Waals surface area contributed by atoms with E-state index in [1.54, 1.807) is 0 Å². The third-order valence-corrected chi connectivity index (χ3v) is 3.66. The van der Waals surface area contributed by atoms with Crippen molar-refractivity contribution in [2.24, 2.45) is 11.8 Å². The average Bonchev–Trinajstić information content (AvgIpc) is 2.80. The van der Waals surface area contributed by atoms with Crippen molar-refractivity contribution in [1.29, 1.82) is 0 Å². The Balaban J connectivity index is 2.15. The molecule has 1 aromatic carbocycles. The summed E-state index contributed by atoms with van der Waals surface area (Å²) in [6.45, 7) is 8.85. The lowest BCUT2D eigenvalue weighted by atomic mass is 9.95. The first-order valence-electron chi connectivity index (χ1n) is 7.07.